The summed E-state index contributed by atoms with van der Waals surface area (Å²) in [5.41, 5.74) is 2.81. The highest BCUT2D eigenvalue weighted by molar-refractivity contribution is 8.22. The second-order valence-corrected chi connectivity index (χ2v) is 10.2. The Labute approximate surface area is 228 Å². The zero-order valence-electron chi connectivity index (χ0n) is 20.0. The smallest absolute Gasteiger partial charge is 0.268 e. The van der Waals surface area contributed by atoms with Crippen LogP contribution >= 0.6 is 23.5 Å². The number of carbonyl (C=O) groups is 2. The van der Waals surface area contributed by atoms with E-state index in [1.54, 1.807) is 9.80 Å². The number of hydrogen-bond donors (Lipinski definition) is 0. The maximum atomic E-state index is 13.9. The van der Waals surface area contributed by atoms with E-state index < -0.39 is 0 Å². The Bertz CT molecular complexity index is 1470. The minimum absolute atomic E-state index is 0.291. The molecule has 0 N–H and O–H groups in total. The quantitative estimate of drug-likeness (QED) is 0.262. The van der Waals surface area contributed by atoms with Crippen LogP contribution in [0.3, 0.4) is 0 Å². The molecule has 2 aliphatic heterocycles. The highest BCUT2D eigenvalue weighted by Crippen LogP contribution is 2.45. The van der Waals surface area contributed by atoms with Crippen molar-refractivity contribution in [3.63, 3.8) is 0 Å². The van der Waals surface area contributed by atoms with Gasteiger partial charge in [-0.1, -0.05) is 72.8 Å². The molecule has 6 nitrogen and oxygen atoms in total. The summed E-state index contributed by atoms with van der Waals surface area (Å²) in [6.45, 7) is 0. The number of benzene rings is 4. The monoisotopic (exact) mass is 532 g/mol. The summed E-state index contributed by atoms with van der Waals surface area (Å²) in [6, 6.07) is 37.6. The molecule has 0 radical (unpaired) electrons. The van der Waals surface area contributed by atoms with Crippen LogP contribution in [0.5, 0.6) is 0 Å². The van der Waals surface area contributed by atoms with Crippen LogP contribution in [-0.2, 0) is 9.59 Å². The molecule has 0 aromatic heterocycles. The molecular formula is C30H20N4O2S2. The van der Waals surface area contributed by atoms with Gasteiger partial charge in [-0.15, -0.1) is 0 Å². The summed E-state index contributed by atoms with van der Waals surface area (Å²) < 4.78 is 0. The number of thioether (sulfide) groups is 2. The van der Waals surface area contributed by atoms with Gasteiger partial charge in [0.15, 0.2) is 10.3 Å². The van der Waals surface area contributed by atoms with Crippen molar-refractivity contribution in [2.45, 2.75) is 0 Å². The Balaban J connectivity index is 1.47. The minimum Gasteiger partial charge on any atom is -0.268 e. The van der Waals surface area contributed by atoms with Gasteiger partial charge in [0.05, 0.1) is 22.7 Å². The fraction of sp³-hybridized carbons (Fsp3) is 0. The number of nitrogens with zero attached hydrogens (tertiary/aromatic N) is 4. The molecule has 0 atom stereocenters. The van der Waals surface area contributed by atoms with Crippen LogP contribution in [0.15, 0.2) is 141 Å². The lowest BCUT2D eigenvalue weighted by Gasteiger charge is -2.15. The highest BCUT2D eigenvalue weighted by Gasteiger charge is 2.44. The zero-order chi connectivity index (χ0) is 25.9. The Hall–Kier alpha value is -4.40. The highest BCUT2D eigenvalue weighted by atomic mass is 32.2. The van der Waals surface area contributed by atoms with Crippen LogP contribution in [0, 0.1) is 0 Å². The van der Waals surface area contributed by atoms with Gasteiger partial charge in [-0.2, -0.15) is 0 Å². The average molecular weight is 533 g/mol. The molecule has 2 amide bonds. The van der Waals surface area contributed by atoms with E-state index in [1.807, 2.05) is 121 Å². The minimum atomic E-state index is -0.291. The molecular weight excluding hydrogens is 512 g/mol. The molecule has 8 heteroatoms. The molecule has 6 rings (SSSR count). The van der Waals surface area contributed by atoms with Crippen LogP contribution in [0.2, 0.25) is 0 Å². The molecule has 4 aromatic carbocycles. The Morgan fingerprint density at radius 2 is 0.763 bits per heavy atom. The van der Waals surface area contributed by atoms with Gasteiger partial charge in [-0.25, -0.2) is 9.98 Å². The fourth-order valence-electron chi connectivity index (χ4n) is 4.01. The van der Waals surface area contributed by atoms with Crippen molar-refractivity contribution >= 4 is 68.4 Å². The largest absolute Gasteiger partial charge is 0.272 e. The van der Waals surface area contributed by atoms with E-state index in [1.165, 1.54) is 23.5 Å². The molecule has 2 aliphatic rings. The summed E-state index contributed by atoms with van der Waals surface area (Å²) in [5.74, 6) is -0.582. The van der Waals surface area contributed by atoms with Crippen molar-refractivity contribution < 1.29 is 9.59 Å². The standard InChI is InChI=1S/C30H20N4O2S2/c35-27-25(37-29(31-21-13-5-1-6-14-21)33(27)23-17-9-3-10-18-23)26-28(36)34(24-19-11-4-12-20-24)30(38-26)32-22-15-7-2-8-16-22/h1-20H. The molecule has 0 unspecified atom stereocenters. The average Bonchev–Trinajstić information content (AvgIpc) is 3.45. The predicted octanol–water partition coefficient (Wildman–Crippen LogP) is 7.13. The maximum Gasteiger partial charge on any atom is 0.272 e. The van der Waals surface area contributed by atoms with E-state index in [0.29, 0.717) is 31.5 Å². The van der Waals surface area contributed by atoms with Crippen LogP contribution in [0.1, 0.15) is 0 Å². The third-order valence-corrected chi connectivity index (χ3v) is 7.97. The number of hydrogen-bond acceptors (Lipinski definition) is 6. The van der Waals surface area contributed by atoms with E-state index in [0.717, 1.165) is 11.4 Å². The Morgan fingerprint density at radius 3 is 1.11 bits per heavy atom. The van der Waals surface area contributed by atoms with Crippen LogP contribution in [0.25, 0.3) is 0 Å². The van der Waals surface area contributed by atoms with Gasteiger partial charge < -0.3 is 0 Å². The maximum absolute atomic E-state index is 13.9. The van der Waals surface area contributed by atoms with Gasteiger partial charge >= 0.3 is 0 Å². The molecule has 0 bridgehead atoms. The van der Waals surface area contributed by atoms with Crippen molar-refractivity contribution in [1.82, 2.24) is 0 Å². The van der Waals surface area contributed by atoms with Crippen molar-refractivity contribution in [1.29, 1.82) is 0 Å². The van der Waals surface area contributed by atoms with Gasteiger partial charge in [0.1, 0.15) is 9.81 Å². The first-order chi connectivity index (χ1) is 18.7. The summed E-state index contributed by atoms with van der Waals surface area (Å²) in [5, 5.41) is 0.978. The van der Waals surface area contributed by atoms with Crippen LogP contribution in [0.4, 0.5) is 22.7 Å². The first-order valence-corrected chi connectivity index (χ1v) is 13.5. The van der Waals surface area contributed by atoms with Crippen molar-refractivity contribution in [3.8, 4) is 0 Å². The number of amidine groups is 2. The molecule has 0 saturated carbocycles. The van der Waals surface area contributed by atoms with E-state index >= 15 is 0 Å². The lowest BCUT2D eigenvalue weighted by molar-refractivity contribution is -0.115. The molecule has 0 spiro atoms. The number of para-hydroxylation sites is 4. The van der Waals surface area contributed by atoms with Gasteiger partial charge in [0, 0.05) is 0 Å². The van der Waals surface area contributed by atoms with E-state index in [-0.39, 0.29) is 11.8 Å². The lowest BCUT2D eigenvalue weighted by atomic mass is 10.2. The van der Waals surface area contributed by atoms with Crippen molar-refractivity contribution in [2.75, 3.05) is 9.80 Å². The second kappa shape index (κ2) is 10.5. The summed E-state index contributed by atoms with van der Waals surface area (Å²) in [7, 11) is 0. The number of rotatable bonds is 4. The molecule has 4 aromatic rings. The summed E-state index contributed by atoms with van der Waals surface area (Å²) >= 11 is 2.41. The number of aliphatic imine (C=N–C) groups is 2. The van der Waals surface area contributed by atoms with Gasteiger partial charge in [-0.05, 0) is 72.1 Å². The zero-order valence-corrected chi connectivity index (χ0v) is 21.6. The number of anilines is 2. The topological polar surface area (TPSA) is 65.3 Å². The van der Waals surface area contributed by atoms with Gasteiger partial charge in [0.25, 0.3) is 11.8 Å². The lowest BCUT2D eigenvalue weighted by Crippen LogP contribution is -2.30. The van der Waals surface area contributed by atoms with E-state index in [2.05, 4.69) is 0 Å². The van der Waals surface area contributed by atoms with Crippen LogP contribution < -0.4 is 9.80 Å². The predicted molar refractivity (Wildman–Crippen MR) is 157 cm³/mol. The first kappa shape index (κ1) is 24.0. The number of carbonyl (C=O) groups excluding carboxylic acids is 2. The Kier molecular flexibility index (Phi) is 6.64. The van der Waals surface area contributed by atoms with Crippen LogP contribution in [-0.4, -0.2) is 22.1 Å². The SMILES string of the molecule is O=C1C(=C2SC(=Nc3ccccc3)N(c3ccccc3)C2=O)SC(=Nc2ccccc2)N1c1ccccc1. The van der Waals surface area contributed by atoms with E-state index in [4.69, 9.17) is 9.98 Å². The summed E-state index contributed by atoms with van der Waals surface area (Å²) in [4.78, 5) is 41.1. The second-order valence-electron chi connectivity index (χ2n) is 8.27. The molecule has 38 heavy (non-hydrogen) atoms. The van der Waals surface area contributed by atoms with Gasteiger partial charge in [0.2, 0.25) is 0 Å². The van der Waals surface area contributed by atoms with Gasteiger partial charge in [-0.3, -0.25) is 19.4 Å². The molecule has 2 saturated heterocycles. The molecule has 2 fully saturated rings. The number of amides is 2. The first-order valence-electron chi connectivity index (χ1n) is 11.9. The third kappa shape index (κ3) is 4.67. The molecule has 0 aliphatic carbocycles. The molecule has 184 valence electrons. The Morgan fingerprint density at radius 1 is 0.447 bits per heavy atom. The summed E-state index contributed by atoms with van der Waals surface area (Å²) in [6.07, 6.45) is 0. The molecule has 2 heterocycles. The third-order valence-electron chi connectivity index (χ3n) is 5.76. The normalized spacial score (nSPS) is 19.7. The van der Waals surface area contributed by atoms with Crippen molar-refractivity contribution in [3.05, 3.63) is 131 Å². The van der Waals surface area contributed by atoms with Crippen molar-refractivity contribution in [2.24, 2.45) is 9.98 Å². The van der Waals surface area contributed by atoms with E-state index in [9.17, 15) is 9.59 Å². The fourth-order valence-corrected chi connectivity index (χ4v) is 6.20.